The van der Waals surface area contributed by atoms with Crippen molar-refractivity contribution in [3.63, 3.8) is 0 Å². The van der Waals surface area contributed by atoms with E-state index in [0.717, 1.165) is 49.5 Å². The summed E-state index contributed by atoms with van der Waals surface area (Å²) in [6.07, 6.45) is 2.09. The number of hydrogen-bond donors (Lipinski definition) is 0. The van der Waals surface area contributed by atoms with Crippen molar-refractivity contribution < 1.29 is 31.6 Å². The molecule has 2 aliphatic heterocycles. The van der Waals surface area contributed by atoms with E-state index >= 15 is 0 Å². The van der Waals surface area contributed by atoms with E-state index in [1.165, 1.54) is 5.56 Å². The summed E-state index contributed by atoms with van der Waals surface area (Å²) in [6.45, 7) is 4.99. The molecule has 0 N–H and O–H groups in total. The van der Waals surface area contributed by atoms with Crippen molar-refractivity contribution in [1.82, 2.24) is 0 Å². The zero-order chi connectivity index (χ0) is 20.0. The molecule has 0 aromatic heterocycles. The second-order valence-electron chi connectivity index (χ2n) is 7.40. The first kappa shape index (κ1) is 21.9. The van der Waals surface area contributed by atoms with Crippen LogP contribution in [0.3, 0.4) is 0 Å². The van der Waals surface area contributed by atoms with Gasteiger partial charge in [0.25, 0.3) is 0 Å². The van der Waals surface area contributed by atoms with Gasteiger partial charge in [-0.1, -0.05) is 6.07 Å². The Labute approximate surface area is 169 Å². The van der Waals surface area contributed by atoms with Crippen molar-refractivity contribution in [3.05, 3.63) is 29.3 Å². The second-order valence-corrected chi connectivity index (χ2v) is 13.7. The van der Waals surface area contributed by atoms with Gasteiger partial charge in [-0.15, -0.1) is 0 Å². The van der Waals surface area contributed by atoms with Gasteiger partial charge < -0.3 is 31.6 Å². The van der Waals surface area contributed by atoms with Gasteiger partial charge in [-0.2, -0.15) is 0 Å². The molecule has 0 aliphatic carbocycles. The van der Waals surface area contributed by atoms with Gasteiger partial charge in [0, 0.05) is 45.6 Å². The minimum atomic E-state index is -2.56. The molecule has 0 spiro atoms. The molecule has 1 saturated heterocycles. The normalized spacial score (nSPS) is 23.9. The van der Waals surface area contributed by atoms with E-state index in [1.807, 2.05) is 0 Å². The minimum Gasteiger partial charge on any atom is -0.520 e. The first-order valence-corrected chi connectivity index (χ1v) is 14.3. The van der Waals surface area contributed by atoms with Gasteiger partial charge in [-0.25, -0.2) is 0 Å². The molecule has 0 amide bonds. The Kier molecular flexibility index (Phi) is 7.68. The average molecular weight is 429 g/mol. The quantitative estimate of drug-likeness (QED) is 0.288. The van der Waals surface area contributed by atoms with Gasteiger partial charge in [0.1, 0.15) is 11.9 Å². The molecule has 28 heavy (non-hydrogen) atoms. The van der Waals surface area contributed by atoms with Crippen LogP contribution >= 0.6 is 0 Å². The van der Waals surface area contributed by atoms with E-state index in [-0.39, 0.29) is 0 Å². The lowest BCUT2D eigenvalue weighted by atomic mass is 10.1. The molecule has 2 heterocycles. The van der Waals surface area contributed by atoms with Crippen LogP contribution in [-0.2, 0) is 40.2 Å². The van der Waals surface area contributed by atoms with Crippen LogP contribution in [0.25, 0.3) is 0 Å². The van der Waals surface area contributed by atoms with E-state index < -0.39 is 17.4 Å². The molecule has 0 radical (unpaired) electrons. The van der Waals surface area contributed by atoms with Crippen molar-refractivity contribution in [2.24, 2.45) is 0 Å². The summed E-state index contributed by atoms with van der Waals surface area (Å²) < 4.78 is 39.7. The van der Waals surface area contributed by atoms with Crippen molar-refractivity contribution in [1.29, 1.82) is 0 Å². The smallest absolute Gasteiger partial charge is 0.500 e. The summed E-state index contributed by atoms with van der Waals surface area (Å²) in [4.78, 5) is 0. The zero-order valence-electron chi connectivity index (χ0n) is 17.3. The Morgan fingerprint density at radius 2 is 1.93 bits per heavy atom. The predicted molar refractivity (Wildman–Crippen MR) is 109 cm³/mol. The molecule has 1 aromatic rings. The fourth-order valence-electron chi connectivity index (χ4n) is 3.34. The van der Waals surface area contributed by atoms with Crippen LogP contribution < -0.4 is 4.43 Å². The molecule has 7 nitrogen and oxygen atoms in total. The third kappa shape index (κ3) is 5.86. The molecule has 2 unspecified atom stereocenters. The molecule has 9 heteroatoms. The Bertz CT molecular complexity index is 628. The highest BCUT2D eigenvalue weighted by Gasteiger charge is 2.39. The van der Waals surface area contributed by atoms with Crippen molar-refractivity contribution in [2.75, 3.05) is 41.2 Å². The van der Waals surface area contributed by atoms with Crippen LogP contribution in [0, 0.1) is 0 Å². The maximum Gasteiger partial charge on any atom is 0.500 e. The summed E-state index contributed by atoms with van der Waals surface area (Å²) in [5, 5.41) is 0. The molecule has 1 aromatic carbocycles. The number of benzene rings is 1. The van der Waals surface area contributed by atoms with Gasteiger partial charge in [0.15, 0.2) is 0 Å². The van der Waals surface area contributed by atoms with E-state index in [0.29, 0.717) is 19.3 Å². The molecular weight excluding hydrogens is 396 g/mol. The van der Waals surface area contributed by atoms with Crippen molar-refractivity contribution in [3.8, 4) is 5.75 Å². The molecule has 0 saturated carbocycles. The Hall–Kier alpha value is -0.786. The zero-order valence-corrected chi connectivity index (χ0v) is 19.3. The van der Waals surface area contributed by atoms with Crippen LogP contribution in [0.5, 0.6) is 5.75 Å². The first-order valence-electron chi connectivity index (χ1n) is 9.81. The Morgan fingerprint density at radius 3 is 2.61 bits per heavy atom. The van der Waals surface area contributed by atoms with Gasteiger partial charge in [-0.05, 0) is 37.1 Å². The van der Waals surface area contributed by atoms with Crippen LogP contribution in [0.4, 0.5) is 0 Å². The lowest BCUT2D eigenvalue weighted by Crippen LogP contribution is -2.44. The average Bonchev–Trinajstić information content (AvgIpc) is 3.54. The largest absolute Gasteiger partial charge is 0.520 e. The molecule has 3 rings (SSSR count). The first-order chi connectivity index (χ1) is 13.5. The summed E-state index contributed by atoms with van der Waals surface area (Å²) in [5.41, 5.74) is 2.30. The van der Waals surface area contributed by atoms with Gasteiger partial charge in [-0.3, -0.25) is 0 Å². The van der Waals surface area contributed by atoms with Gasteiger partial charge in [0.05, 0.1) is 19.8 Å². The monoisotopic (exact) mass is 428 g/mol. The topological polar surface area (TPSA) is 67.9 Å². The number of epoxide rings is 1. The maximum atomic E-state index is 6.29. The Morgan fingerprint density at radius 1 is 1.18 bits per heavy atom. The SMILES string of the molecule is CO[Si](CCc1ccc2c(c1)CO[Si](C)(CCCOCC1CO1)O2)(OC)OC. The van der Waals surface area contributed by atoms with Crippen molar-refractivity contribution in [2.45, 2.75) is 44.2 Å². The molecular formula is C19H32O7Si2. The Balaban J connectivity index is 1.50. The second kappa shape index (κ2) is 9.81. The van der Waals surface area contributed by atoms with Crippen LogP contribution in [0.15, 0.2) is 18.2 Å². The summed E-state index contributed by atoms with van der Waals surface area (Å²) in [5.74, 6) is 0.949. The highest BCUT2D eigenvalue weighted by atomic mass is 28.4. The summed E-state index contributed by atoms with van der Waals surface area (Å²) >= 11 is 0. The molecule has 2 aliphatic rings. The van der Waals surface area contributed by atoms with Crippen LogP contribution in [0.1, 0.15) is 17.5 Å². The number of rotatable bonds is 12. The minimum absolute atomic E-state index is 0.320. The predicted octanol–water partition coefficient (Wildman–Crippen LogP) is 2.89. The van der Waals surface area contributed by atoms with Crippen molar-refractivity contribution >= 4 is 17.4 Å². The number of fused-ring (bicyclic) bond motifs is 1. The molecule has 2 atom stereocenters. The summed E-state index contributed by atoms with van der Waals surface area (Å²) in [7, 11) is 0.172. The van der Waals surface area contributed by atoms with E-state index in [1.54, 1.807) is 21.3 Å². The number of aryl methyl sites for hydroxylation is 1. The summed E-state index contributed by atoms with van der Waals surface area (Å²) in [6, 6.07) is 7.98. The highest BCUT2D eigenvalue weighted by Crippen LogP contribution is 2.33. The molecule has 158 valence electrons. The fourth-order valence-corrected chi connectivity index (χ4v) is 7.27. The number of hydrogen-bond acceptors (Lipinski definition) is 7. The maximum absolute atomic E-state index is 6.29. The van der Waals surface area contributed by atoms with Crippen LogP contribution in [-0.4, -0.2) is 64.6 Å². The standard InChI is InChI=1S/C19H32O7Si2/c1-20-28(21-2,22-3)11-8-16-6-7-19-17(12-16)13-25-27(4,26-19)10-5-9-23-14-18-15-24-18/h6-7,12,18H,5,8-11,13-15H2,1-4H3. The lowest BCUT2D eigenvalue weighted by Gasteiger charge is -2.33. The highest BCUT2D eigenvalue weighted by molar-refractivity contribution is 6.67. The van der Waals surface area contributed by atoms with Gasteiger partial charge >= 0.3 is 17.4 Å². The van der Waals surface area contributed by atoms with E-state index in [4.69, 9.17) is 31.6 Å². The fraction of sp³-hybridized carbons (Fsp3) is 0.684. The van der Waals surface area contributed by atoms with E-state index in [9.17, 15) is 0 Å². The van der Waals surface area contributed by atoms with E-state index in [2.05, 4.69) is 24.7 Å². The molecule has 0 bridgehead atoms. The molecule has 1 fully saturated rings. The third-order valence-electron chi connectivity index (χ3n) is 5.26. The third-order valence-corrected chi connectivity index (χ3v) is 10.7. The van der Waals surface area contributed by atoms with Crippen LogP contribution in [0.2, 0.25) is 18.6 Å². The number of ether oxygens (including phenoxy) is 2. The van der Waals surface area contributed by atoms with Gasteiger partial charge in [0.2, 0.25) is 0 Å². The lowest BCUT2D eigenvalue weighted by molar-refractivity contribution is 0.114.